The normalized spacial score (nSPS) is 10.1. The quantitative estimate of drug-likeness (QED) is 0.904. The molecule has 0 saturated carbocycles. The van der Waals surface area contributed by atoms with Crippen LogP contribution in [0, 0.1) is 0 Å². The average molecular weight is 285 g/mol. The molecule has 0 bridgehead atoms. The van der Waals surface area contributed by atoms with Gasteiger partial charge in [0.2, 0.25) is 0 Å². The first-order valence-corrected chi connectivity index (χ1v) is 6.33. The minimum absolute atomic E-state index is 0.341. The first-order chi connectivity index (χ1) is 8.95. The predicted molar refractivity (Wildman–Crippen MR) is 74.8 cm³/mol. The van der Waals surface area contributed by atoms with Gasteiger partial charge < -0.3 is 10.0 Å². The van der Waals surface area contributed by atoms with E-state index in [1.54, 1.807) is 31.3 Å². The maximum atomic E-state index is 12.2. The van der Waals surface area contributed by atoms with Crippen molar-refractivity contribution in [2.75, 3.05) is 25.0 Å². The van der Waals surface area contributed by atoms with Crippen LogP contribution in [0.3, 0.4) is 0 Å². The van der Waals surface area contributed by atoms with E-state index in [1.807, 2.05) is 6.92 Å². The van der Waals surface area contributed by atoms with Crippen molar-refractivity contribution in [1.29, 1.82) is 0 Å². The Morgan fingerprint density at radius 3 is 2.32 bits per heavy atom. The molecule has 19 heavy (non-hydrogen) atoms. The molecule has 1 aromatic carbocycles. The highest BCUT2D eigenvalue weighted by molar-refractivity contribution is 6.30. The van der Waals surface area contributed by atoms with Crippen LogP contribution in [0.25, 0.3) is 0 Å². The molecular weight excluding hydrogens is 268 g/mol. The Balaban J connectivity index is 2.97. The number of hydrogen-bond donors (Lipinski definition) is 1. The zero-order valence-electron chi connectivity index (χ0n) is 11.0. The smallest absolute Gasteiger partial charge is 0.324 e. The Bertz CT molecular complexity index is 448. The van der Waals surface area contributed by atoms with Crippen LogP contribution >= 0.6 is 11.6 Å². The van der Waals surface area contributed by atoms with Gasteiger partial charge in [-0.1, -0.05) is 18.5 Å². The summed E-state index contributed by atoms with van der Waals surface area (Å²) in [6.07, 6.45) is 0.809. The summed E-state index contributed by atoms with van der Waals surface area (Å²) in [5.41, 5.74) is 0.514. The van der Waals surface area contributed by atoms with E-state index in [2.05, 4.69) is 0 Å². The lowest BCUT2D eigenvalue weighted by molar-refractivity contribution is -0.135. The van der Waals surface area contributed by atoms with Crippen LogP contribution in [0.1, 0.15) is 13.3 Å². The topological polar surface area (TPSA) is 60.9 Å². The van der Waals surface area contributed by atoms with Gasteiger partial charge in [0.05, 0.1) is 0 Å². The molecular formula is C13H17ClN2O3. The van der Waals surface area contributed by atoms with Gasteiger partial charge >= 0.3 is 12.0 Å². The lowest BCUT2D eigenvalue weighted by Gasteiger charge is -2.26. The summed E-state index contributed by atoms with van der Waals surface area (Å²) in [6, 6.07) is 6.16. The van der Waals surface area contributed by atoms with Crippen molar-refractivity contribution in [2.45, 2.75) is 13.3 Å². The number of carboxylic acids is 1. The fourth-order valence-electron chi connectivity index (χ4n) is 1.66. The number of carbonyl (C=O) groups is 2. The third kappa shape index (κ3) is 4.44. The molecule has 0 aliphatic rings. The van der Waals surface area contributed by atoms with Gasteiger partial charge in [-0.05, 0) is 30.7 Å². The van der Waals surface area contributed by atoms with Crippen molar-refractivity contribution >= 4 is 29.3 Å². The van der Waals surface area contributed by atoms with Gasteiger partial charge in [0.1, 0.15) is 6.54 Å². The number of aliphatic carboxylic acids is 1. The van der Waals surface area contributed by atoms with E-state index >= 15 is 0 Å². The van der Waals surface area contributed by atoms with Gasteiger partial charge in [0.25, 0.3) is 0 Å². The Morgan fingerprint density at radius 2 is 1.84 bits per heavy atom. The molecule has 0 unspecified atom stereocenters. The molecule has 0 atom stereocenters. The molecule has 1 aromatic rings. The lowest BCUT2D eigenvalue weighted by atomic mass is 10.3. The van der Waals surface area contributed by atoms with Crippen LogP contribution in [0.2, 0.25) is 5.02 Å². The second kappa shape index (κ2) is 6.99. The summed E-state index contributed by atoms with van der Waals surface area (Å²) in [7, 11) is 1.65. The number of urea groups is 1. The standard InChI is InChI=1S/C13H17ClN2O3/c1-3-8-15(2)13(19)16(9-12(17)18)11-6-4-10(14)5-7-11/h4-7H,3,8-9H2,1-2H3,(H,17,18). The Labute approximate surface area is 117 Å². The van der Waals surface area contributed by atoms with Gasteiger partial charge in [-0.25, -0.2) is 4.79 Å². The van der Waals surface area contributed by atoms with Crippen molar-refractivity contribution in [3.63, 3.8) is 0 Å². The van der Waals surface area contributed by atoms with E-state index in [4.69, 9.17) is 16.7 Å². The monoisotopic (exact) mass is 284 g/mol. The molecule has 0 spiro atoms. The zero-order valence-corrected chi connectivity index (χ0v) is 11.7. The molecule has 0 aromatic heterocycles. The molecule has 2 amide bonds. The summed E-state index contributed by atoms with van der Waals surface area (Å²) in [5, 5.41) is 9.46. The largest absolute Gasteiger partial charge is 0.480 e. The zero-order chi connectivity index (χ0) is 14.4. The van der Waals surface area contributed by atoms with Crippen molar-refractivity contribution in [2.24, 2.45) is 0 Å². The van der Waals surface area contributed by atoms with E-state index < -0.39 is 5.97 Å². The second-order valence-corrected chi connectivity index (χ2v) is 4.60. The first-order valence-electron chi connectivity index (χ1n) is 5.95. The maximum absolute atomic E-state index is 12.2. The third-order valence-corrected chi connectivity index (χ3v) is 2.80. The third-order valence-electron chi connectivity index (χ3n) is 2.55. The van der Waals surface area contributed by atoms with E-state index in [0.29, 0.717) is 17.3 Å². The Morgan fingerprint density at radius 1 is 1.26 bits per heavy atom. The highest BCUT2D eigenvalue weighted by Gasteiger charge is 2.21. The lowest BCUT2D eigenvalue weighted by Crippen LogP contribution is -2.44. The number of hydrogen-bond acceptors (Lipinski definition) is 2. The van der Waals surface area contributed by atoms with Crippen LogP contribution in [0.5, 0.6) is 0 Å². The number of halogens is 1. The van der Waals surface area contributed by atoms with Gasteiger partial charge in [0.15, 0.2) is 0 Å². The molecule has 104 valence electrons. The molecule has 0 fully saturated rings. The summed E-state index contributed by atoms with van der Waals surface area (Å²) >= 11 is 5.78. The molecule has 6 heteroatoms. The SMILES string of the molecule is CCCN(C)C(=O)N(CC(=O)O)c1ccc(Cl)cc1. The molecule has 0 aliphatic heterocycles. The average Bonchev–Trinajstić information content (AvgIpc) is 2.36. The number of carboxylic acid groups (broad SMARTS) is 1. The van der Waals surface area contributed by atoms with Crippen LogP contribution in [0.15, 0.2) is 24.3 Å². The number of carbonyl (C=O) groups excluding carboxylic acids is 1. The van der Waals surface area contributed by atoms with Crippen LogP contribution < -0.4 is 4.90 Å². The second-order valence-electron chi connectivity index (χ2n) is 4.16. The van der Waals surface area contributed by atoms with Gasteiger partial charge in [-0.15, -0.1) is 0 Å². The van der Waals surface area contributed by atoms with Crippen molar-refractivity contribution in [3.05, 3.63) is 29.3 Å². The molecule has 1 rings (SSSR count). The summed E-state index contributed by atoms with van der Waals surface area (Å²) < 4.78 is 0. The number of benzene rings is 1. The molecule has 0 radical (unpaired) electrons. The minimum atomic E-state index is -1.06. The fraction of sp³-hybridized carbons (Fsp3) is 0.385. The summed E-state index contributed by atoms with van der Waals surface area (Å²) in [6.45, 7) is 2.14. The number of nitrogens with zero attached hydrogens (tertiary/aromatic N) is 2. The predicted octanol–water partition coefficient (Wildman–Crippen LogP) is 2.69. The van der Waals surface area contributed by atoms with E-state index in [1.165, 1.54) is 9.80 Å². The van der Waals surface area contributed by atoms with Crippen LogP contribution in [0.4, 0.5) is 10.5 Å². The maximum Gasteiger partial charge on any atom is 0.324 e. The summed E-state index contributed by atoms with van der Waals surface area (Å²) in [4.78, 5) is 25.8. The minimum Gasteiger partial charge on any atom is -0.480 e. The highest BCUT2D eigenvalue weighted by Crippen LogP contribution is 2.19. The number of amides is 2. The van der Waals surface area contributed by atoms with Crippen molar-refractivity contribution < 1.29 is 14.7 Å². The van der Waals surface area contributed by atoms with Crippen LogP contribution in [-0.2, 0) is 4.79 Å². The summed E-state index contributed by atoms with van der Waals surface area (Å²) in [5.74, 6) is -1.06. The van der Waals surface area contributed by atoms with Crippen LogP contribution in [-0.4, -0.2) is 42.1 Å². The molecule has 0 heterocycles. The van der Waals surface area contributed by atoms with Crippen molar-refractivity contribution in [1.82, 2.24) is 4.90 Å². The van der Waals surface area contributed by atoms with Gasteiger partial charge in [-0.3, -0.25) is 9.69 Å². The Kier molecular flexibility index (Phi) is 5.63. The highest BCUT2D eigenvalue weighted by atomic mass is 35.5. The van der Waals surface area contributed by atoms with E-state index in [0.717, 1.165) is 6.42 Å². The molecule has 0 aliphatic carbocycles. The molecule has 1 N–H and O–H groups in total. The first kappa shape index (κ1) is 15.3. The van der Waals surface area contributed by atoms with E-state index in [-0.39, 0.29) is 12.6 Å². The number of rotatable bonds is 5. The molecule has 5 nitrogen and oxygen atoms in total. The van der Waals surface area contributed by atoms with Gasteiger partial charge in [-0.2, -0.15) is 0 Å². The van der Waals surface area contributed by atoms with Gasteiger partial charge in [0, 0.05) is 24.3 Å². The Hall–Kier alpha value is -1.75. The van der Waals surface area contributed by atoms with Crippen molar-refractivity contribution in [3.8, 4) is 0 Å². The number of anilines is 1. The van der Waals surface area contributed by atoms with E-state index in [9.17, 15) is 9.59 Å². The molecule has 0 saturated heterocycles. The fourth-order valence-corrected chi connectivity index (χ4v) is 1.79.